The molecule has 0 atom stereocenters. The second-order valence-electron chi connectivity index (χ2n) is 6.35. The van der Waals surface area contributed by atoms with E-state index in [1.54, 1.807) is 24.3 Å². The molecule has 0 aliphatic heterocycles. The number of sulfonamides is 1. The molecular formula is C18H20ClF3N4O3S. The predicted molar refractivity (Wildman–Crippen MR) is 108 cm³/mol. The standard InChI is InChI=1S/C18H20ClF3N4O3S/c1-30(28,29)26-7-6-12-2-4-13(5-3-12)17(27)24-9-8-23-16-15(19)10-14(11-25-16)18(20,21)22/h2-5,10-11,26H,6-9H2,1H3,(H,23,25)(H,24,27). The SMILES string of the molecule is CS(=O)(=O)NCCc1ccc(C(=O)NCCNc2ncc(C(F)(F)F)cc2Cl)cc1. The molecule has 164 valence electrons. The molecular weight excluding hydrogens is 445 g/mol. The zero-order chi connectivity index (χ0) is 22.4. The monoisotopic (exact) mass is 464 g/mol. The summed E-state index contributed by atoms with van der Waals surface area (Å²) < 4.78 is 62.2. The average Bonchev–Trinajstić information content (AvgIpc) is 2.64. The van der Waals surface area contributed by atoms with Gasteiger partial charge in [-0.2, -0.15) is 13.2 Å². The van der Waals surface area contributed by atoms with Gasteiger partial charge in [0.25, 0.3) is 5.91 Å². The highest BCUT2D eigenvalue weighted by Gasteiger charge is 2.31. The maximum Gasteiger partial charge on any atom is 0.417 e. The Labute approximate surface area is 177 Å². The van der Waals surface area contributed by atoms with E-state index < -0.39 is 21.8 Å². The minimum absolute atomic E-state index is 0.0889. The highest BCUT2D eigenvalue weighted by Crippen LogP contribution is 2.32. The molecule has 0 saturated heterocycles. The summed E-state index contributed by atoms with van der Waals surface area (Å²) >= 11 is 5.80. The van der Waals surface area contributed by atoms with Gasteiger partial charge < -0.3 is 10.6 Å². The highest BCUT2D eigenvalue weighted by atomic mass is 35.5. The van der Waals surface area contributed by atoms with Crippen molar-refractivity contribution < 1.29 is 26.4 Å². The van der Waals surface area contributed by atoms with Crippen LogP contribution in [0.25, 0.3) is 0 Å². The van der Waals surface area contributed by atoms with E-state index in [9.17, 15) is 26.4 Å². The van der Waals surface area contributed by atoms with Gasteiger partial charge in [0.05, 0.1) is 16.8 Å². The fourth-order valence-electron chi connectivity index (χ4n) is 2.39. The molecule has 0 aliphatic rings. The lowest BCUT2D eigenvalue weighted by Gasteiger charge is -2.11. The number of carbonyl (C=O) groups is 1. The Hall–Kier alpha value is -2.37. The largest absolute Gasteiger partial charge is 0.417 e. The van der Waals surface area contributed by atoms with Crippen molar-refractivity contribution in [3.05, 3.63) is 58.2 Å². The lowest BCUT2D eigenvalue weighted by molar-refractivity contribution is -0.137. The zero-order valence-electron chi connectivity index (χ0n) is 15.9. The Morgan fingerprint density at radius 1 is 1.13 bits per heavy atom. The zero-order valence-corrected chi connectivity index (χ0v) is 17.5. The second kappa shape index (κ2) is 10.1. The number of alkyl halides is 3. The number of hydrogen-bond donors (Lipinski definition) is 3. The average molecular weight is 465 g/mol. The number of hydrogen-bond acceptors (Lipinski definition) is 5. The lowest BCUT2D eigenvalue weighted by Crippen LogP contribution is -2.29. The van der Waals surface area contributed by atoms with Crippen LogP contribution in [0.3, 0.4) is 0 Å². The van der Waals surface area contributed by atoms with Gasteiger partial charge >= 0.3 is 6.18 Å². The van der Waals surface area contributed by atoms with Crippen molar-refractivity contribution in [1.82, 2.24) is 15.0 Å². The fraction of sp³-hybridized carbons (Fsp3) is 0.333. The Bertz CT molecular complexity index is 983. The van der Waals surface area contributed by atoms with Crippen LogP contribution in [0.1, 0.15) is 21.5 Å². The minimum Gasteiger partial charge on any atom is -0.367 e. The van der Waals surface area contributed by atoms with Gasteiger partial charge in [-0.15, -0.1) is 0 Å². The van der Waals surface area contributed by atoms with E-state index in [4.69, 9.17) is 11.6 Å². The number of aromatic nitrogens is 1. The summed E-state index contributed by atoms with van der Waals surface area (Å²) in [6, 6.07) is 7.47. The third-order valence-corrected chi connectivity index (χ3v) is 4.88. The molecule has 0 radical (unpaired) electrons. The normalized spacial score (nSPS) is 11.9. The smallest absolute Gasteiger partial charge is 0.367 e. The molecule has 1 heterocycles. The number of pyridine rings is 1. The molecule has 3 N–H and O–H groups in total. The van der Waals surface area contributed by atoms with E-state index in [-0.39, 0.29) is 36.4 Å². The van der Waals surface area contributed by atoms with Gasteiger partial charge in [0.15, 0.2) is 0 Å². The Morgan fingerprint density at radius 3 is 2.37 bits per heavy atom. The van der Waals surface area contributed by atoms with Gasteiger partial charge in [-0.25, -0.2) is 18.1 Å². The first kappa shape index (κ1) is 23.9. The number of benzene rings is 1. The molecule has 12 heteroatoms. The molecule has 0 spiro atoms. The summed E-state index contributed by atoms with van der Waals surface area (Å²) in [5, 5.41) is 5.26. The van der Waals surface area contributed by atoms with E-state index in [1.807, 2.05) is 0 Å². The van der Waals surface area contributed by atoms with Crippen molar-refractivity contribution in [3.63, 3.8) is 0 Å². The van der Waals surface area contributed by atoms with Crippen LogP contribution in [-0.4, -0.2) is 45.2 Å². The molecule has 0 unspecified atom stereocenters. The minimum atomic E-state index is -4.52. The van der Waals surface area contributed by atoms with Gasteiger partial charge in [-0.3, -0.25) is 4.79 Å². The van der Waals surface area contributed by atoms with Crippen LogP contribution in [0.15, 0.2) is 36.5 Å². The van der Waals surface area contributed by atoms with E-state index in [2.05, 4.69) is 20.3 Å². The summed E-state index contributed by atoms with van der Waals surface area (Å²) in [5.74, 6) is -0.241. The molecule has 0 bridgehead atoms. The summed E-state index contributed by atoms with van der Waals surface area (Å²) in [5.41, 5.74) is 0.342. The number of anilines is 1. The Kier molecular flexibility index (Phi) is 8.04. The predicted octanol–water partition coefficient (Wildman–Crippen LogP) is 2.69. The van der Waals surface area contributed by atoms with Crippen molar-refractivity contribution >= 4 is 33.3 Å². The van der Waals surface area contributed by atoms with Crippen LogP contribution in [0.5, 0.6) is 0 Å². The van der Waals surface area contributed by atoms with Gasteiger partial charge in [0.2, 0.25) is 10.0 Å². The molecule has 1 amide bonds. The molecule has 1 aromatic heterocycles. The molecule has 0 fully saturated rings. The van der Waals surface area contributed by atoms with Crippen molar-refractivity contribution in [3.8, 4) is 0 Å². The fourth-order valence-corrected chi connectivity index (χ4v) is 3.09. The van der Waals surface area contributed by atoms with Crippen molar-refractivity contribution in [2.24, 2.45) is 0 Å². The molecule has 30 heavy (non-hydrogen) atoms. The van der Waals surface area contributed by atoms with Crippen LogP contribution in [0.2, 0.25) is 5.02 Å². The molecule has 0 saturated carbocycles. The molecule has 0 aliphatic carbocycles. The van der Waals surface area contributed by atoms with Gasteiger partial charge in [0.1, 0.15) is 5.82 Å². The van der Waals surface area contributed by atoms with E-state index in [0.29, 0.717) is 18.2 Å². The molecule has 7 nitrogen and oxygen atoms in total. The maximum atomic E-state index is 12.6. The second-order valence-corrected chi connectivity index (χ2v) is 8.59. The van der Waals surface area contributed by atoms with Crippen molar-refractivity contribution in [2.45, 2.75) is 12.6 Å². The van der Waals surface area contributed by atoms with Crippen LogP contribution < -0.4 is 15.4 Å². The number of carbonyl (C=O) groups excluding carboxylic acids is 1. The van der Waals surface area contributed by atoms with Crippen molar-refractivity contribution in [1.29, 1.82) is 0 Å². The van der Waals surface area contributed by atoms with Gasteiger partial charge in [-0.1, -0.05) is 23.7 Å². The third-order valence-electron chi connectivity index (χ3n) is 3.87. The van der Waals surface area contributed by atoms with Gasteiger partial charge in [0, 0.05) is 31.4 Å². The molecule has 1 aromatic carbocycles. The molecule has 2 rings (SSSR count). The summed E-state index contributed by atoms with van der Waals surface area (Å²) in [7, 11) is -3.24. The van der Waals surface area contributed by atoms with Crippen molar-refractivity contribution in [2.75, 3.05) is 31.2 Å². The summed E-state index contributed by atoms with van der Waals surface area (Å²) in [6.45, 7) is 0.660. The van der Waals surface area contributed by atoms with Gasteiger partial charge in [-0.05, 0) is 30.2 Å². The number of nitrogens with zero attached hydrogens (tertiary/aromatic N) is 1. The first-order chi connectivity index (χ1) is 14.0. The summed E-state index contributed by atoms with van der Waals surface area (Å²) in [4.78, 5) is 15.8. The van der Waals surface area contributed by atoms with Crippen LogP contribution in [0, 0.1) is 0 Å². The topological polar surface area (TPSA) is 100 Å². The number of halogens is 4. The first-order valence-corrected chi connectivity index (χ1v) is 11.0. The summed E-state index contributed by atoms with van der Waals surface area (Å²) in [6.07, 6.45) is -2.28. The quantitative estimate of drug-likeness (QED) is 0.495. The molecule has 2 aromatic rings. The third kappa shape index (κ3) is 7.81. The van der Waals surface area contributed by atoms with E-state index >= 15 is 0 Å². The Balaban J connectivity index is 1.78. The Morgan fingerprint density at radius 2 is 1.80 bits per heavy atom. The van der Waals surface area contributed by atoms with E-state index in [1.165, 1.54) is 0 Å². The van der Waals surface area contributed by atoms with Crippen LogP contribution >= 0.6 is 11.6 Å². The number of rotatable bonds is 9. The number of nitrogens with one attached hydrogen (secondary N) is 3. The lowest BCUT2D eigenvalue weighted by atomic mass is 10.1. The number of amides is 1. The van der Waals surface area contributed by atoms with Crippen LogP contribution in [0.4, 0.5) is 19.0 Å². The van der Waals surface area contributed by atoms with Crippen LogP contribution in [-0.2, 0) is 22.6 Å². The highest BCUT2D eigenvalue weighted by molar-refractivity contribution is 7.88. The first-order valence-electron chi connectivity index (χ1n) is 8.74. The maximum absolute atomic E-state index is 12.6. The van der Waals surface area contributed by atoms with E-state index in [0.717, 1.165) is 17.9 Å².